The molecule has 5 heteroatoms. The minimum absolute atomic E-state index is 0.214. The number of carbonyl (C=O) groups excluding carboxylic acids is 1. The maximum Gasteiger partial charge on any atom is 0.329 e. The van der Waals surface area contributed by atoms with E-state index in [1.165, 1.54) is 11.3 Å². The molecule has 5 nitrogen and oxygen atoms in total. The van der Waals surface area contributed by atoms with Crippen molar-refractivity contribution < 1.29 is 14.7 Å². The zero-order valence-electron chi connectivity index (χ0n) is 12.5. The molecular formula is C15H26N2O3. The smallest absolute Gasteiger partial charge is 0.329 e. The van der Waals surface area contributed by atoms with Gasteiger partial charge >= 0.3 is 12.0 Å². The predicted molar refractivity (Wildman–Crippen MR) is 76.5 cm³/mol. The highest BCUT2D eigenvalue weighted by molar-refractivity contribution is 5.86. The van der Waals surface area contributed by atoms with E-state index >= 15 is 0 Å². The van der Waals surface area contributed by atoms with E-state index in [9.17, 15) is 14.7 Å². The van der Waals surface area contributed by atoms with Crippen molar-refractivity contribution in [2.45, 2.75) is 57.9 Å². The van der Waals surface area contributed by atoms with Crippen LogP contribution in [-0.2, 0) is 4.79 Å². The molecule has 1 aliphatic heterocycles. The number of urea groups is 1. The first-order chi connectivity index (χ1) is 9.43. The number of amides is 2. The molecule has 1 heterocycles. The van der Waals surface area contributed by atoms with E-state index in [2.05, 4.69) is 12.2 Å². The van der Waals surface area contributed by atoms with Gasteiger partial charge in [-0.3, -0.25) is 0 Å². The maximum absolute atomic E-state index is 12.3. The Kier molecular flexibility index (Phi) is 4.55. The third-order valence-corrected chi connectivity index (χ3v) is 4.94. The Morgan fingerprint density at radius 3 is 2.70 bits per heavy atom. The van der Waals surface area contributed by atoms with Crippen molar-refractivity contribution in [1.29, 1.82) is 0 Å². The number of aliphatic carboxylic acids is 1. The molecule has 2 fully saturated rings. The molecule has 20 heavy (non-hydrogen) atoms. The average Bonchev–Trinajstić information content (AvgIpc) is 2.82. The van der Waals surface area contributed by atoms with Gasteiger partial charge in [-0.2, -0.15) is 0 Å². The molecule has 2 N–H and O–H groups in total. The lowest BCUT2D eigenvalue weighted by molar-refractivity contribution is -0.150. The van der Waals surface area contributed by atoms with Crippen LogP contribution in [0.3, 0.4) is 0 Å². The predicted octanol–water partition coefficient (Wildman–Crippen LogP) is 2.46. The van der Waals surface area contributed by atoms with E-state index in [4.69, 9.17) is 0 Å². The summed E-state index contributed by atoms with van der Waals surface area (Å²) in [5.74, 6) is 0.396. The van der Waals surface area contributed by atoms with Gasteiger partial charge in [-0.05, 0) is 50.9 Å². The van der Waals surface area contributed by atoms with Crippen LogP contribution in [0, 0.1) is 11.8 Å². The Morgan fingerprint density at radius 1 is 1.35 bits per heavy atom. The first-order valence-corrected chi connectivity index (χ1v) is 7.72. The second kappa shape index (κ2) is 6.02. The van der Waals surface area contributed by atoms with Gasteiger partial charge in [-0.25, -0.2) is 9.59 Å². The first kappa shape index (κ1) is 15.1. The normalized spacial score (nSPS) is 34.0. The number of hydrogen-bond acceptors (Lipinski definition) is 2. The largest absolute Gasteiger partial charge is 0.480 e. The molecule has 1 saturated heterocycles. The van der Waals surface area contributed by atoms with Crippen LogP contribution in [0.25, 0.3) is 0 Å². The Bertz CT molecular complexity index is 385. The molecule has 0 aromatic heterocycles. The zero-order chi connectivity index (χ0) is 14.8. The summed E-state index contributed by atoms with van der Waals surface area (Å²) >= 11 is 0. The topological polar surface area (TPSA) is 69.6 Å². The SMILES string of the molecule is CC1CCC(CNC(=O)N2CCCCC2(C)C(=O)O)C1. The number of piperidine rings is 1. The van der Waals surface area contributed by atoms with Crippen LogP contribution in [-0.4, -0.2) is 40.6 Å². The molecule has 2 rings (SSSR count). The van der Waals surface area contributed by atoms with E-state index in [-0.39, 0.29) is 6.03 Å². The van der Waals surface area contributed by atoms with E-state index in [0.29, 0.717) is 25.4 Å². The monoisotopic (exact) mass is 282 g/mol. The van der Waals surface area contributed by atoms with Gasteiger partial charge in [0.15, 0.2) is 0 Å². The van der Waals surface area contributed by atoms with Crippen LogP contribution < -0.4 is 5.32 Å². The zero-order valence-corrected chi connectivity index (χ0v) is 12.5. The Balaban J connectivity index is 1.91. The molecule has 1 aliphatic carbocycles. The molecule has 114 valence electrons. The van der Waals surface area contributed by atoms with Crippen LogP contribution in [0.2, 0.25) is 0 Å². The van der Waals surface area contributed by atoms with E-state index in [1.54, 1.807) is 6.92 Å². The average molecular weight is 282 g/mol. The number of rotatable bonds is 3. The van der Waals surface area contributed by atoms with Crippen LogP contribution >= 0.6 is 0 Å². The van der Waals surface area contributed by atoms with Crippen molar-refractivity contribution in [3.05, 3.63) is 0 Å². The molecule has 0 radical (unpaired) electrons. The van der Waals surface area contributed by atoms with E-state index < -0.39 is 11.5 Å². The van der Waals surface area contributed by atoms with Crippen molar-refractivity contribution in [2.75, 3.05) is 13.1 Å². The van der Waals surface area contributed by atoms with Gasteiger partial charge in [0.25, 0.3) is 0 Å². The van der Waals surface area contributed by atoms with Gasteiger partial charge < -0.3 is 15.3 Å². The molecule has 3 unspecified atom stereocenters. The number of nitrogens with zero attached hydrogens (tertiary/aromatic N) is 1. The van der Waals surface area contributed by atoms with E-state index in [1.807, 2.05) is 0 Å². The Morgan fingerprint density at radius 2 is 2.10 bits per heavy atom. The number of carbonyl (C=O) groups is 2. The Hall–Kier alpha value is -1.26. The maximum atomic E-state index is 12.3. The lowest BCUT2D eigenvalue weighted by Gasteiger charge is -2.41. The molecule has 0 aromatic rings. The number of hydrogen-bond donors (Lipinski definition) is 2. The minimum atomic E-state index is -1.05. The highest BCUT2D eigenvalue weighted by Crippen LogP contribution is 2.30. The summed E-state index contributed by atoms with van der Waals surface area (Å²) in [4.78, 5) is 25.3. The van der Waals surface area contributed by atoms with Gasteiger partial charge in [-0.15, -0.1) is 0 Å². The summed E-state index contributed by atoms with van der Waals surface area (Å²) in [6.45, 7) is 5.12. The molecule has 0 aromatic carbocycles. The fourth-order valence-electron chi connectivity index (χ4n) is 3.51. The Labute approximate surface area is 120 Å². The molecular weight excluding hydrogens is 256 g/mol. The highest BCUT2D eigenvalue weighted by Gasteiger charge is 2.44. The van der Waals surface area contributed by atoms with Gasteiger partial charge in [0.1, 0.15) is 5.54 Å². The number of likely N-dealkylation sites (tertiary alicyclic amines) is 1. The molecule has 0 bridgehead atoms. The molecule has 1 saturated carbocycles. The van der Waals surface area contributed by atoms with Crippen molar-refractivity contribution in [3.8, 4) is 0 Å². The summed E-state index contributed by atoms with van der Waals surface area (Å²) in [6.07, 6.45) is 5.85. The summed E-state index contributed by atoms with van der Waals surface area (Å²) in [5.41, 5.74) is -1.05. The second-order valence-electron chi connectivity index (χ2n) is 6.66. The van der Waals surface area contributed by atoms with Crippen LogP contribution in [0.15, 0.2) is 0 Å². The van der Waals surface area contributed by atoms with Gasteiger partial charge in [0.05, 0.1) is 0 Å². The van der Waals surface area contributed by atoms with Crippen LogP contribution in [0.4, 0.5) is 4.79 Å². The fraction of sp³-hybridized carbons (Fsp3) is 0.867. The third kappa shape index (κ3) is 3.07. The summed E-state index contributed by atoms with van der Waals surface area (Å²) < 4.78 is 0. The van der Waals surface area contributed by atoms with Crippen molar-refractivity contribution in [1.82, 2.24) is 10.2 Å². The number of carboxylic acids is 1. The molecule has 2 aliphatic rings. The molecule has 3 atom stereocenters. The fourth-order valence-corrected chi connectivity index (χ4v) is 3.51. The summed E-state index contributed by atoms with van der Waals surface area (Å²) in [5, 5.41) is 12.4. The van der Waals surface area contributed by atoms with Crippen molar-refractivity contribution in [3.63, 3.8) is 0 Å². The van der Waals surface area contributed by atoms with Crippen molar-refractivity contribution in [2.24, 2.45) is 11.8 Å². The standard InChI is InChI=1S/C15H26N2O3/c1-11-5-6-12(9-11)10-16-14(20)17-8-4-3-7-15(17,2)13(18)19/h11-12H,3-10H2,1-2H3,(H,16,20)(H,18,19). The highest BCUT2D eigenvalue weighted by atomic mass is 16.4. The van der Waals surface area contributed by atoms with E-state index in [0.717, 1.165) is 31.6 Å². The van der Waals surface area contributed by atoms with Crippen molar-refractivity contribution >= 4 is 12.0 Å². The number of carboxylic acid groups (broad SMARTS) is 1. The second-order valence-corrected chi connectivity index (χ2v) is 6.66. The summed E-state index contributed by atoms with van der Waals surface area (Å²) in [7, 11) is 0. The third-order valence-electron chi connectivity index (χ3n) is 4.94. The summed E-state index contributed by atoms with van der Waals surface area (Å²) in [6, 6.07) is -0.214. The lowest BCUT2D eigenvalue weighted by Crippen LogP contribution is -2.60. The number of nitrogens with one attached hydrogen (secondary N) is 1. The first-order valence-electron chi connectivity index (χ1n) is 7.72. The molecule has 0 spiro atoms. The minimum Gasteiger partial charge on any atom is -0.480 e. The lowest BCUT2D eigenvalue weighted by atomic mass is 9.89. The molecule has 2 amide bonds. The van der Waals surface area contributed by atoms with Gasteiger partial charge in [0, 0.05) is 13.1 Å². The van der Waals surface area contributed by atoms with Gasteiger partial charge in [0.2, 0.25) is 0 Å². The van der Waals surface area contributed by atoms with Crippen LogP contribution in [0.5, 0.6) is 0 Å². The van der Waals surface area contributed by atoms with Crippen LogP contribution in [0.1, 0.15) is 52.4 Å². The quantitative estimate of drug-likeness (QED) is 0.835. The van der Waals surface area contributed by atoms with Gasteiger partial charge in [-0.1, -0.05) is 13.3 Å².